The molecule has 0 fully saturated rings. The van der Waals surface area contributed by atoms with E-state index in [1.807, 2.05) is 20.8 Å². The van der Waals surface area contributed by atoms with Crippen molar-refractivity contribution in [3.8, 4) is 0 Å². The summed E-state index contributed by atoms with van der Waals surface area (Å²) < 4.78 is 0. The van der Waals surface area contributed by atoms with Crippen molar-refractivity contribution in [2.75, 3.05) is 7.05 Å². The Labute approximate surface area is 73.8 Å². The zero-order chi connectivity index (χ0) is 10.2. The topological polar surface area (TPSA) is 46.2 Å². The van der Waals surface area contributed by atoms with Gasteiger partial charge in [0.25, 0.3) is 0 Å². The molecular weight excluding hydrogens is 154 g/mol. The van der Waals surface area contributed by atoms with Gasteiger partial charge in [0.05, 0.1) is 0 Å². The summed E-state index contributed by atoms with van der Waals surface area (Å²) in [4.78, 5) is 19.8. The molecule has 0 saturated heterocycles. The van der Waals surface area contributed by atoms with Gasteiger partial charge in [-0.15, -0.1) is 0 Å². The summed E-state index contributed by atoms with van der Waals surface area (Å²) in [5.74, 6) is -0.144. The summed E-state index contributed by atoms with van der Waals surface area (Å²) >= 11 is 0. The van der Waals surface area contributed by atoms with E-state index in [9.17, 15) is 9.59 Å². The van der Waals surface area contributed by atoms with Crippen LogP contribution in [0.15, 0.2) is 12.7 Å². The van der Waals surface area contributed by atoms with Crippen molar-refractivity contribution >= 4 is 12.2 Å². The second-order valence-corrected chi connectivity index (χ2v) is 3.30. The van der Waals surface area contributed by atoms with E-state index in [2.05, 4.69) is 11.9 Å². The highest BCUT2D eigenvalue weighted by molar-refractivity contribution is 5.86. The zero-order valence-corrected chi connectivity index (χ0v) is 8.18. The summed E-state index contributed by atoms with van der Waals surface area (Å²) in [6.45, 7) is 8.84. The molecule has 0 bridgehead atoms. The first-order chi connectivity index (χ1) is 5.37. The number of nitrogens with one attached hydrogen (secondary N) is 1. The van der Waals surface area contributed by atoms with E-state index in [-0.39, 0.29) is 11.3 Å². The lowest BCUT2D eigenvalue weighted by atomic mass is 10.0. The Kier molecular flexibility index (Phi) is 7.39. The van der Waals surface area contributed by atoms with Gasteiger partial charge >= 0.3 is 0 Å². The lowest BCUT2D eigenvalue weighted by molar-refractivity contribution is -0.116. The molecular formula is C9H17NO2. The van der Waals surface area contributed by atoms with Crippen molar-refractivity contribution < 1.29 is 9.59 Å². The maximum atomic E-state index is 9.95. The predicted molar refractivity (Wildman–Crippen MR) is 49.8 cm³/mol. The van der Waals surface area contributed by atoms with Crippen molar-refractivity contribution in [2.45, 2.75) is 20.8 Å². The number of hydrogen-bond donors (Lipinski definition) is 1. The molecule has 0 saturated carbocycles. The molecule has 0 aromatic rings. The Morgan fingerprint density at radius 3 is 1.75 bits per heavy atom. The van der Waals surface area contributed by atoms with Gasteiger partial charge in [0, 0.05) is 12.5 Å². The molecule has 0 rings (SSSR count). The molecule has 1 N–H and O–H groups in total. The molecule has 1 amide bonds. The molecule has 0 unspecified atom stereocenters. The highest BCUT2D eigenvalue weighted by atomic mass is 16.1. The van der Waals surface area contributed by atoms with Crippen LogP contribution in [0.3, 0.4) is 0 Å². The Morgan fingerprint density at radius 1 is 1.42 bits per heavy atom. The maximum absolute atomic E-state index is 9.95. The second-order valence-electron chi connectivity index (χ2n) is 3.30. The van der Waals surface area contributed by atoms with Crippen molar-refractivity contribution in [2.24, 2.45) is 5.41 Å². The number of aldehydes is 1. The van der Waals surface area contributed by atoms with Gasteiger partial charge in [-0.1, -0.05) is 27.4 Å². The number of carbonyl (C=O) groups is 2. The van der Waals surface area contributed by atoms with Gasteiger partial charge in [-0.3, -0.25) is 4.79 Å². The first-order valence-corrected chi connectivity index (χ1v) is 3.68. The molecule has 0 aliphatic heterocycles. The third kappa shape index (κ3) is 15.9. The van der Waals surface area contributed by atoms with Crippen LogP contribution in [0.4, 0.5) is 0 Å². The van der Waals surface area contributed by atoms with Crippen LogP contribution < -0.4 is 5.32 Å². The molecule has 3 heteroatoms. The van der Waals surface area contributed by atoms with E-state index in [1.54, 1.807) is 7.05 Å². The Hall–Kier alpha value is -1.12. The van der Waals surface area contributed by atoms with E-state index in [1.165, 1.54) is 6.08 Å². The first kappa shape index (κ1) is 13.5. The molecule has 3 nitrogen and oxygen atoms in total. The highest BCUT2D eigenvalue weighted by Crippen LogP contribution is 2.05. The Bertz CT molecular complexity index is 156. The van der Waals surface area contributed by atoms with E-state index < -0.39 is 0 Å². The standard InChI is InChI=1S/C5H10O.C4H7NO/c1-5(2,3)4-6;1-3-4(6)5-2/h4H,1-3H3;3H,1H2,2H3,(H,5,6). The molecule has 0 radical (unpaired) electrons. The van der Waals surface area contributed by atoms with Crippen LogP contribution in [0.2, 0.25) is 0 Å². The van der Waals surface area contributed by atoms with Crippen LogP contribution in [0, 0.1) is 5.41 Å². The molecule has 12 heavy (non-hydrogen) atoms. The Morgan fingerprint density at radius 2 is 1.75 bits per heavy atom. The minimum atomic E-state index is -0.144. The van der Waals surface area contributed by atoms with Crippen LogP contribution in [0.5, 0.6) is 0 Å². The van der Waals surface area contributed by atoms with Gasteiger partial charge in [-0.25, -0.2) is 0 Å². The lowest BCUT2D eigenvalue weighted by Gasteiger charge is -2.03. The van der Waals surface area contributed by atoms with Crippen molar-refractivity contribution in [3.05, 3.63) is 12.7 Å². The normalized spacial score (nSPS) is 9.00. The zero-order valence-electron chi connectivity index (χ0n) is 8.18. The number of likely N-dealkylation sites (N-methyl/N-ethyl adjacent to an activating group) is 1. The van der Waals surface area contributed by atoms with E-state index in [0.29, 0.717) is 0 Å². The van der Waals surface area contributed by atoms with Gasteiger partial charge in [0.1, 0.15) is 6.29 Å². The first-order valence-electron chi connectivity index (χ1n) is 3.68. The molecule has 0 aliphatic carbocycles. The fraction of sp³-hybridized carbons (Fsp3) is 0.556. The Balaban J connectivity index is 0. The third-order valence-electron chi connectivity index (χ3n) is 0.785. The molecule has 0 aromatic carbocycles. The summed E-state index contributed by atoms with van der Waals surface area (Å²) in [6, 6.07) is 0. The van der Waals surface area contributed by atoms with Crippen LogP contribution in [0.25, 0.3) is 0 Å². The van der Waals surface area contributed by atoms with E-state index in [4.69, 9.17) is 0 Å². The minimum Gasteiger partial charge on any atom is -0.356 e. The largest absolute Gasteiger partial charge is 0.356 e. The average molecular weight is 171 g/mol. The maximum Gasteiger partial charge on any atom is 0.243 e. The van der Waals surface area contributed by atoms with Crippen LogP contribution >= 0.6 is 0 Å². The number of amides is 1. The SMILES string of the molecule is C=CC(=O)NC.CC(C)(C)C=O. The highest BCUT2D eigenvalue weighted by Gasteiger charge is 2.04. The molecule has 0 heterocycles. The van der Waals surface area contributed by atoms with Gasteiger partial charge in [0.15, 0.2) is 0 Å². The summed E-state index contributed by atoms with van der Waals surface area (Å²) in [5.41, 5.74) is -0.139. The lowest BCUT2D eigenvalue weighted by Crippen LogP contribution is -2.13. The van der Waals surface area contributed by atoms with Crippen molar-refractivity contribution in [1.82, 2.24) is 5.32 Å². The number of rotatable bonds is 1. The average Bonchev–Trinajstić information content (AvgIpc) is 2.03. The summed E-state index contributed by atoms with van der Waals surface area (Å²) in [7, 11) is 1.56. The quantitative estimate of drug-likeness (QED) is 0.475. The van der Waals surface area contributed by atoms with Crippen LogP contribution in [-0.2, 0) is 9.59 Å². The van der Waals surface area contributed by atoms with Gasteiger partial charge in [-0.05, 0) is 6.08 Å². The van der Waals surface area contributed by atoms with Gasteiger partial charge < -0.3 is 10.1 Å². The molecule has 0 aliphatic rings. The summed E-state index contributed by atoms with van der Waals surface area (Å²) in [5, 5.41) is 2.36. The second kappa shape index (κ2) is 6.58. The molecule has 0 atom stereocenters. The monoisotopic (exact) mass is 171 g/mol. The summed E-state index contributed by atoms with van der Waals surface area (Å²) in [6.07, 6.45) is 2.16. The number of carbonyl (C=O) groups excluding carboxylic acids is 2. The molecule has 0 aromatic heterocycles. The van der Waals surface area contributed by atoms with Crippen molar-refractivity contribution in [1.29, 1.82) is 0 Å². The third-order valence-corrected chi connectivity index (χ3v) is 0.785. The van der Waals surface area contributed by atoms with Crippen LogP contribution in [0.1, 0.15) is 20.8 Å². The fourth-order valence-corrected chi connectivity index (χ4v) is 0.102. The van der Waals surface area contributed by atoms with Crippen LogP contribution in [-0.4, -0.2) is 19.2 Å². The molecule has 0 spiro atoms. The van der Waals surface area contributed by atoms with Crippen molar-refractivity contribution in [3.63, 3.8) is 0 Å². The molecule has 70 valence electrons. The van der Waals surface area contributed by atoms with E-state index in [0.717, 1.165) is 6.29 Å². The smallest absolute Gasteiger partial charge is 0.243 e. The fourth-order valence-electron chi connectivity index (χ4n) is 0.102. The van der Waals surface area contributed by atoms with Gasteiger partial charge in [0.2, 0.25) is 5.91 Å². The number of hydrogen-bond acceptors (Lipinski definition) is 2. The van der Waals surface area contributed by atoms with E-state index >= 15 is 0 Å². The van der Waals surface area contributed by atoms with Gasteiger partial charge in [-0.2, -0.15) is 0 Å². The predicted octanol–water partition coefficient (Wildman–Crippen LogP) is 1.15. The minimum absolute atomic E-state index is 0.139.